The molecule has 0 saturated heterocycles. The van der Waals surface area contributed by atoms with Gasteiger partial charge in [0.1, 0.15) is 5.52 Å². The first kappa shape index (κ1) is 19.4. The van der Waals surface area contributed by atoms with E-state index in [0.29, 0.717) is 27.8 Å². The Morgan fingerprint density at radius 2 is 1.85 bits per heavy atom. The maximum atomic E-state index is 12.2. The number of aromatic nitrogens is 3. The Bertz CT molecular complexity index is 1240. The first-order valence-corrected chi connectivity index (χ1v) is 10.3. The minimum absolute atomic E-state index is 0.124. The Balaban J connectivity index is 1.89. The van der Waals surface area contributed by atoms with Crippen molar-refractivity contribution in [2.24, 2.45) is 14.1 Å². The zero-order valence-electron chi connectivity index (χ0n) is 15.2. The van der Waals surface area contributed by atoms with Crippen molar-refractivity contribution in [3.63, 3.8) is 0 Å². The van der Waals surface area contributed by atoms with Crippen LogP contribution in [0.2, 0.25) is 0 Å². The lowest BCUT2D eigenvalue weighted by molar-refractivity contribution is 0.489. The number of rotatable bonds is 5. The van der Waals surface area contributed by atoms with E-state index in [2.05, 4.69) is 4.98 Å². The van der Waals surface area contributed by atoms with Crippen molar-refractivity contribution in [3.8, 4) is 0 Å². The van der Waals surface area contributed by atoms with Crippen LogP contribution in [0.4, 0.5) is 0 Å². The maximum Gasteiger partial charge on any atom is 0.330 e. The summed E-state index contributed by atoms with van der Waals surface area (Å²) in [6.45, 7) is 0. The summed E-state index contributed by atoms with van der Waals surface area (Å²) in [5.74, 6) is 0.303. The van der Waals surface area contributed by atoms with E-state index >= 15 is 0 Å². The van der Waals surface area contributed by atoms with Crippen LogP contribution in [0.15, 0.2) is 48.4 Å². The predicted octanol–water partition coefficient (Wildman–Crippen LogP) is 0.768. The topological polar surface area (TPSA) is 107 Å². The van der Waals surface area contributed by atoms with E-state index in [1.807, 2.05) is 0 Å². The standard InChI is InChI=1S/C16H18N4O5S2/c1-18(2)27(23,24)11-5-6-13-12(8-11)17-15(25-13)26-9-10-7-14(21)20(4)16(22)19(10)3/h5-8H,9H2,1-4H3. The third-order valence-corrected chi connectivity index (χ3v) is 6.76. The maximum absolute atomic E-state index is 12.2. The summed E-state index contributed by atoms with van der Waals surface area (Å²) in [5, 5.41) is 0.317. The van der Waals surface area contributed by atoms with Crippen molar-refractivity contribution < 1.29 is 12.8 Å². The van der Waals surface area contributed by atoms with Crippen LogP contribution in [0.25, 0.3) is 11.1 Å². The van der Waals surface area contributed by atoms with Gasteiger partial charge in [-0.25, -0.2) is 22.5 Å². The number of hydrogen-bond donors (Lipinski definition) is 0. The van der Waals surface area contributed by atoms with Gasteiger partial charge in [0.05, 0.1) is 4.90 Å². The SMILES string of the molecule is CN(C)S(=O)(=O)c1ccc2oc(SCc3cc(=O)n(C)c(=O)n3C)nc2c1. The summed E-state index contributed by atoms with van der Waals surface area (Å²) in [6, 6.07) is 5.85. The molecule has 0 bridgehead atoms. The first-order valence-electron chi connectivity index (χ1n) is 7.83. The largest absolute Gasteiger partial charge is 0.431 e. The third kappa shape index (κ3) is 3.57. The van der Waals surface area contributed by atoms with E-state index in [9.17, 15) is 18.0 Å². The lowest BCUT2D eigenvalue weighted by Gasteiger charge is -2.10. The number of hydrogen-bond acceptors (Lipinski definition) is 7. The molecule has 0 unspecified atom stereocenters. The van der Waals surface area contributed by atoms with Gasteiger partial charge in [-0.05, 0) is 18.2 Å². The molecule has 27 heavy (non-hydrogen) atoms. The molecule has 1 aromatic carbocycles. The van der Waals surface area contributed by atoms with E-state index in [-0.39, 0.29) is 10.5 Å². The summed E-state index contributed by atoms with van der Waals surface area (Å²) in [6.07, 6.45) is 0. The molecule has 0 atom stereocenters. The average molecular weight is 410 g/mol. The van der Waals surface area contributed by atoms with Crippen molar-refractivity contribution in [2.75, 3.05) is 14.1 Å². The lowest BCUT2D eigenvalue weighted by Crippen LogP contribution is -2.37. The summed E-state index contributed by atoms with van der Waals surface area (Å²) >= 11 is 1.21. The second-order valence-corrected chi connectivity index (χ2v) is 9.14. The Kier molecular flexibility index (Phi) is 5.02. The Morgan fingerprint density at radius 3 is 2.52 bits per heavy atom. The fourth-order valence-electron chi connectivity index (χ4n) is 2.37. The number of sulfonamides is 1. The monoisotopic (exact) mass is 410 g/mol. The smallest absolute Gasteiger partial charge is 0.330 e. The summed E-state index contributed by atoms with van der Waals surface area (Å²) in [4.78, 5) is 28.2. The average Bonchev–Trinajstić information content (AvgIpc) is 3.03. The molecule has 3 aromatic rings. The van der Waals surface area contributed by atoms with E-state index in [4.69, 9.17) is 4.42 Å². The second-order valence-electron chi connectivity index (χ2n) is 6.06. The van der Waals surface area contributed by atoms with Gasteiger partial charge in [-0.1, -0.05) is 11.8 Å². The van der Waals surface area contributed by atoms with Crippen molar-refractivity contribution in [1.82, 2.24) is 18.4 Å². The van der Waals surface area contributed by atoms with E-state index in [1.54, 1.807) is 13.1 Å². The number of fused-ring (bicyclic) bond motifs is 1. The van der Waals surface area contributed by atoms with Gasteiger partial charge in [-0.3, -0.25) is 13.9 Å². The minimum Gasteiger partial charge on any atom is -0.431 e. The normalized spacial score (nSPS) is 12.2. The molecule has 3 rings (SSSR count). The van der Waals surface area contributed by atoms with Gasteiger partial charge in [0.15, 0.2) is 5.58 Å². The summed E-state index contributed by atoms with van der Waals surface area (Å²) < 4.78 is 33.6. The Labute approximate surface area is 159 Å². The lowest BCUT2D eigenvalue weighted by atomic mass is 10.3. The summed E-state index contributed by atoms with van der Waals surface area (Å²) in [7, 11) is 2.35. The van der Waals surface area contributed by atoms with Gasteiger partial charge in [0.25, 0.3) is 10.8 Å². The third-order valence-electron chi connectivity index (χ3n) is 4.09. The number of oxazole rings is 1. The van der Waals surface area contributed by atoms with Gasteiger partial charge in [0, 0.05) is 45.7 Å². The molecule has 0 fully saturated rings. The molecule has 0 saturated carbocycles. The van der Waals surface area contributed by atoms with Crippen LogP contribution in [0.5, 0.6) is 0 Å². The van der Waals surface area contributed by atoms with E-state index < -0.39 is 15.7 Å². The first-order chi connectivity index (χ1) is 12.6. The highest BCUT2D eigenvalue weighted by Gasteiger charge is 2.19. The molecule has 0 aliphatic heterocycles. The zero-order valence-corrected chi connectivity index (χ0v) is 16.8. The van der Waals surface area contributed by atoms with Crippen molar-refractivity contribution in [2.45, 2.75) is 15.9 Å². The number of benzene rings is 1. The van der Waals surface area contributed by atoms with Gasteiger partial charge >= 0.3 is 5.69 Å². The van der Waals surface area contributed by atoms with Gasteiger partial charge in [0.2, 0.25) is 10.0 Å². The number of nitrogens with zero attached hydrogens (tertiary/aromatic N) is 4. The van der Waals surface area contributed by atoms with Crippen LogP contribution in [0, 0.1) is 0 Å². The van der Waals surface area contributed by atoms with Crippen LogP contribution >= 0.6 is 11.8 Å². The minimum atomic E-state index is -3.56. The highest BCUT2D eigenvalue weighted by molar-refractivity contribution is 7.98. The van der Waals surface area contributed by atoms with Crippen LogP contribution < -0.4 is 11.2 Å². The van der Waals surface area contributed by atoms with Crippen LogP contribution in [-0.4, -0.2) is 40.9 Å². The molecule has 2 heterocycles. The quantitative estimate of drug-likeness (QED) is 0.572. The Hall–Kier alpha value is -2.37. The molecular formula is C16H18N4O5S2. The van der Waals surface area contributed by atoms with Crippen molar-refractivity contribution >= 4 is 32.9 Å². The molecule has 0 aliphatic carbocycles. The molecule has 9 nitrogen and oxygen atoms in total. The molecule has 0 amide bonds. The fourth-order valence-corrected chi connectivity index (χ4v) is 4.15. The van der Waals surface area contributed by atoms with Crippen molar-refractivity contribution in [3.05, 3.63) is 50.8 Å². The van der Waals surface area contributed by atoms with Crippen LogP contribution in [0.3, 0.4) is 0 Å². The highest BCUT2D eigenvalue weighted by Crippen LogP contribution is 2.27. The summed E-state index contributed by atoms with van der Waals surface area (Å²) in [5.41, 5.74) is 0.608. The molecule has 144 valence electrons. The van der Waals surface area contributed by atoms with Crippen molar-refractivity contribution in [1.29, 1.82) is 0 Å². The molecule has 11 heteroatoms. The highest BCUT2D eigenvalue weighted by atomic mass is 32.2. The van der Waals surface area contributed by atoms with Gasteiger partial charge in [-0.2, -0.15) is 0 Å². The molecule has 0 N–H and O–H groups in total. The molecular weight excluding hydrogens is 392 g/mol. The molecule has 0 spiro atoms. The fraction of sp³-hybridized carbons (Fsp3) is 0.312. The Morgan fingerprint density at radius 1 is 1.15 bits per heavy atom. The van der Waals surface area contributed by atoms with Gasteiger partial charge < -0.3 is 4.42 Å². The van der Waals surface area contributed by atoms with Gasteiger partial charge in [-0.15, -0.1) is 0 Å². The van der Waals surface area contributed by atoms with E-state index in [0.717, 1.165) is 8.87 Å². The molecule has 0 aliphatic rings. The zero-order chi connectivity index (χ0) is 19.9. The molecule has 0 radical (unpaired) electrons. The second kappa shape index (κ2) is 6.98. The molecule has 2 aromatic heterocycles. The van der Waals surface area contributed by atoms with Crippen LogP contribution in [-0.2, 0) is 29.9 Å². The van der Waals surface area contributed by atoms with Crippen LogP contribution in [0.1, 0.15) is 5.69 Å². The van der Waals surface area contributed by atoms with E-state index in [1.165, 1.54) is 55.7 Å². The number of thioether (sulfide) groups is 1. The predicted molar refractivity (Wildman–Crippen MR) is 101 cm³/mol.